The van der Waals surface area contributed by atoms with Crippen LogP contribution in [-0.2, 0) is 4.79 Å². The van der Waals surface area contributed by atoms with Gasteiger partial charge in [0.15, 0.2) is 0 Å². The number of nitrogens with two attached hydrogens (primary N) is 1. The Kier molecular flexibility index (Phi) is 7.48. The van der Waals surface area contributed by atoms with E-state index in [0.717, 1.165) is 43.6 Å². The van der Waals surface area contributed by atoms with Crippen molar-refractivity contribution in [3.8, 4) is 11.5 Å². The lowest BCUT2D eigenvalue weighted by Gasteiger charge is -2.22. The molecule has 0 atom stereocenters. The smallest absolute Gasteiger partial charge is 0.240 e. The van der Waals surface area contributed by atoms with Gasteiger partial charge in [-0.05, 0) is 31.4 Å². The standard InChI is InChI=1S/C16H24N2O3.ClH/c1-20-13-6-4-7-14(12-13)21-11-5-10-18-15(19)16(17)8-2-3-9-16;/h4,6-7,12H,2-3,5,8-11,17H2,1H3,(H,18,19);1H. The third-order valence-electron chi connectivity index (χ3n) is 3.86. The van der Waals surface area contributed by atoms with Crippen LogP contribution in [0.5, 0.6) is 11.5 Å². The maximum atomic E-state index is 12.0. The number of hydrogen-bond donors (Lipinski definition) is 2. The monoisotopic (exact) mass is 328 g/mol. The molecule has 0 aliphatic heterocycles. The van der Waals surface area contributed by atoms with E-state index in [1.807, 2.05) is 24.3 Å². The van der Waals surface area contributed by atoms with E-state index in [-0.39, 0.29) is 18.3 Å². The highest BCUT2D eigenvalue weighted by Crippen LogP contribution is 2.27. The Hall–Kier alpha value is -1.46. The minimum Gasteiger partial charge on any atom is -0.497 e. The lowest BCUT2D eigenvalue weighted by molar-refractivity contribution is -0.126. The molecule has 0 spiro atoms. The molecule has 1 aliphatic rings. The van der Waals surface area contributed by atoms with Gasteiger partial charge < -0.3 is 20.5 Å². The molecule has 22 heavy (non-hydrogen) atoms. The largest absolute Gasteiger partial charge is 0.497 e. The summed E-state index contributed by atoms with van der Waals surface area (Å²) in [7, 11) is 1.63. The van der Waals surface area contributed by atoms with Crippen molar-refractivity contribution in [2.75, 3.05) is 20.3 Å². The Bertz CT molecular complexity index is 476. The minimum atomic E-state index is -0.645. The molecule has 6 heteroatoms. The van der Waals surface area contributed by atoms with E-state index in [4.69, 9.17) is 15.2 Å². The average molecular weight is 329 g/mol. The van der Waals surface area contributed by atoms with Crippen LogP contribution >= 0.6 is 12.4 Å². The van der Waals surface area contributed by atoms with E-state index < -0.39 is 5.54 Å². The normalized spacial score (nSPS) is 15.7. The van der Waals surface area contributed by atoms with Crippen molar-refractivity contribution in [1.82, 2.24) is 5.32 Å². The number of halogens is 1. The lowest BCUT2D eigenvalue weighted by Crippen LogP contribution is -2.52. The fourth-order valence-electron chi connectivity index (χ4n) is 2.56. The second-order valence-electron chi connectivity index (χ2n) is 5.50. The van der Waals surface area contributed by atoms with Gasteiger partial charge in [0.05, 0.1) is 19.3 Å². The summed E-state index contributed by atoms with van der Waals surface area (Å²) in [6.07, 6.45) is 4.42. The van der Waals surface area contributed by atoms with Crippen molar-refractivity contribution >= 4 is 18.3 Å². The van der Waals surface area contributed by atoms with Gasteiger partial charge in [0.1, 0.15) is 11.5 Å². The van der Waals surface area contributed by atoms with E-state index >= 15 is 0 Å². The molecule has 1 aromatic rings. The highest BCUT2D eigenvalue weighted by molar-refractivity contribution is 5.86. The van der Waals surface area contributed by atoms with Gasteiger partial charge in [-0.3, -0.25) is 4.79 Å². The summed E-state index contributed by atoms with van der Waals surface area (Å²) in [6.45, 7) is 1.13. The van der Waals surface area contributed by atoms with Crippen molar-refractivity contribution in [2.45, 2.75) is 37.6 Å². The van der Waals surface area contributed by atoms with Crippen molar-refractivity contribution < 1.29 is 14.3 Å². The molecule has 1 amide bonds. The first-order chi connectivity index (χ1) is 10.1. The number of ether oxygens (including phenoxy) is 2. The Labute approximate surface area is 138 Å². The molecule has 1 aliphatic carbocycles. The van der Waals surface area contributed by atoms with Crippen molar-refractivity contribution in [3.63, 3.8) is 0 Å². The summed E-state index contributed by atoms with van der Waals surface area (Å²) in [5, 5.41) is 2.91. The molecule has 0 unspecified atom stereocenters. The summed E-state index contributed by atoms with van der Waals surface area (Å²) in [5.74, 6) is 1.51. The average Bonchev–Trinajstić information content (AvgIpc) is 2.95. The van der Waals surface area contributed by atoms with Crippen LogP contribution in [-0.4, -0.2) is 31.7 Å². The highest BCUT2D eigenvalue weighted by atomic mass is 35.5. The molecule has 0 radical (unpaired) electrons. The molecule has 3 N–H and O–H groups in total. The van der Waals surface area contributed by atoms with Crippen molar-refractivity contribution in [3.05, 3.63) is 24.3 Å². The molecule has 1 aromatic carbocycles. The van der Waals surface area contributed by atoms with Crippen LogP contribution in [0.25, 0.3) is 0 Å². The Morgan fingerprint density at radius 1 is 1.32 bits per heavy atom. The van der Waals surface area contributed by atoms with E-state index in [1.54, 1.807) is 7.11 Å². The number of methoxy groups -OCH3 is 1. The molecule has 0 heterocycles. The lowest BCUT2D eigenvalue weighted by atomic mass is 9.98. The van der Waals surface area contributed by atoms with Crippen LogP contribution in [0.15, 0.2) is 24.3 Å². The third-order valence-corrected chi connectivity index (χ3v) is 3.86. The van der Waals surface area contributed by atoms with Crippen LogP contribution < -0.4 is 20.5 Å². The molecular formula is C16H25ClN2O3. The Balaban J connectivity index is 0.00000242. The summed E-state index contributed by atoms with van der Waals surface area (Å²) in [4.78, 5) is 12.0. The maximum Gasteiger partial charge on any atom is 0.240 e. The molecule has 1 saturated carbocycles. The van der Waals surface area contributed by atoms with Gasteiger partial charge in [0.25, 0.3) is 0 Å². The highest BCUT2D eigenvalue weighted by Gasteiger charge is 2.36. The maximum absolute atomic E-state index is 12.0. The second kappa shape index (κ2) is 8.86. The van der Waals surface area contributed by atoms with Gasteiger partial charge in [-0.25, -0.2) is 0 Å². The number of benzene rings is 1. The first-order valence-corrected chi connectivity index (χ1v) is 7.48. The fourth-order valence-corrected chi connectivity index (χ4v) is 2.56. The zero-order valence-electron chi connectivity index (χ0n) is 13.0. The summed E-state index contributed by atoms with van der Waals surface area (Å²) in [6, 6.07) is 7.48. The number of amides is 1. The molecule has 0 aromatic heterocycles. The predicted molar refractivity (Wildman–Crippen MR) is 88.8 cm³/mol. The van der Waals surface area contributed by atoms with E-state index in [2.05, 4.69) is 5.32 Å². The van der Waals surface area contributed by atoms with Crippen LogP contribution in [0.1, 0.15) is 32.1 Å². The SMILES string of the molecule is COc1cccc(OCCCNC(=O)C2(N)CCCC2)c1.Cl. The van der Waals surface area contributed by atoms with Gasteiger partial charge in [-0.2, -0.15) is 0 Å². The zero-order valence-corrected chi connectivity index (χ0v) is 13.8. The number of carbonyl (C=O) groups excluding carboxylic acids is 1. The molecule has 1 fully saturated rings. The number of nitrogens with one attached hydrogen (secondary N) is 1. The molecule has 0 saturated heterocycles. The number of carbonyl (C=O) groups is 1. The second-order valence-corrected chi connectivity index (χ2v) is 5.50. The van der Waals surface area contributed by atoms with Gasteiger partial charge in [0.2, 0.25) is 5.91 Å². The van der Waals surface area contributed by atoms with Gasteiger partial charge in [-0.15, -0.1) is 12.4 Å². The number of hydrogen-bond acceptors (Lipinski definition) is 4. The van der Waals surface area contributed by atoms with Crippen LogP contribution in [0.2, 0.25) is 0 Å². The molecule has 0 bridgehead atoms. The Morgan fingerprint density at radius 2 is 2.00 bits per heavy atom. The predicted octanol–water partition coefficient (Wildman–Crippen LogP) is 2.27. The fraction of sp³-hybridized carbons (Fsp3) is 0.562. The summed E-state index contributed by atoms with van der Waals surface area (Å²) < 4.78 is 10.7. The Morgan fingerprint density at radius 3 is 2.68 bits per heavy atom. The first-order valence-electron chi connectivity index (χ1n) is 7.48. The van der Waals surface area contributed by atoms with Gasteiger partial charge in [-0.1, -0.05) is 18.9 Å². The molecule has 124 valence electrons. The molecule has 2 rings (SSSR count). The van der Waals surface area contributed by atoms with Crippen molar-refractivity contribution in [1.29, 1.82) is 0 Å². The van der Waals surface area contributed by atoms with E-state index in [1.165, 1.54) is 0 Å². The topological polar surface area (TPSA) is 73.6 Å². The van der Waals surface area contributed by atoms with Gasteiger partial charge >= 0.3 is 0 Å². The minimum absolute atomic E-state index is 0. The quantitative estimate of drug-likeness (QED) is 0.753. The summed E-state index contributed by atoms with van der Waals surface area (Å²) in [5.41, 5.74) is 5.44. The van der Waals surface area contributed by atoms with Crippen molar-refractivity contribution in [2.24, 2.45) is 5.73 Å². The summed E-state index contributed by atoms with van der Waals surface area (Å²) >= 11 is 0. The van der Waals surface area contributed by atoms with E-state index in [9.17, 15) is 4.79 Å². The van der Waals surface area contributed by atoms with Crippen LogP contribution in [0.4, 0.5) is 0 Å². The molecule has 5 nitrogen and oxygen atoms in total. The number of rotatable bonds is 7. The molecular weight excluding hydrogens is 304 g/mol. The van der Waals surface area contributed by atoms with Gasteiger partial charge in [0, 0.05) is 12.6 Å². The van der Waals surface area contributed by atoms with Crippen LogP contribution in [0, 0.1) is 0 Å². The van der Waals surface area contributed by atoms with E-state index in [0.29, 0.717) is 13.2 Å². The first kappa shape index (κ1) is 18.6. The van der Waals surface area contributed by atoms with Crippen LogP contribution in [0.3, 0.4) is 0 Å². The zero-order chi connectivity index (χ0) is 15.1. The third kappa shape index (κ3) is 5.07.